The second-order valence-electron chi connectivity index (χ2n) is 4.83. The van der Waals surface area contributed by atoms with Crippen LogP contribution in [-0.2, 0) is 17.6 Å². The van der Waals surface area contributed by atoms with E-state index in [1.807, 2.05) is 6.92 Å². The summed E-state index contributed by atoms with van der Waals surface area (Å²) in [6, 6.07) is 8.26. The van der Waals surface area contributed by atoms with E-state index in [1.165, 1.54) is 17.5 Å². The number of nitrogens with zero attached hydrogens (tertiary/aromatic N) is 2. The summed E-state index contributed by atoms with van der Waals surface area (Å²) in [7, 11) is 0. The number of H-pyrrole nitrogens is 1. The molecule has 1 aromatic carbocycles. The van der Waals surface area contributed by atoms with Crippen LogP contribution in [0, 0.1) is 0 Å². The fourth-order valence-corrected chi connectivity index (χ4v) is 2.01. The van der Waals surface area contributed by atoms with Crippen molar-refractivity contribution >= 4 is 5.91 Å². The van der Waals surface area contributed by atoms with Crippen LogP contribution in [0.15, 0.2) is 30.6 Å². The molecule has 0 saturated carbocycles. The molecule has 1 heterocycles. The smallest absolute Gasteiger partial charge is 0.220 e. The van der Waals surface area contributed by atoms with Gasteiger partial charge in [-0.3, -0.25) is 9.89 Å². The molecule has 0 saturated heterocycles. The Balaban J connectivity index is 1.79. The molecule has 0 radical (unpaired) electrons. The van der Waals surface area contributed by atoms with Gasteiger partial charge in [0.15, 0.2) is 0 Å². The second kappa shape index (κ2) is 6.84. The largest absolute Gasteiger partial charge is 0.346 e. The van der Waals surface area contributed by atoms with Crippen LogP contribution in [0.4, 0.5) is 0 Å². The van der Waals surface area contributed by atoms with Crippen LogP contribution in [0.25, 0.3) is 0 Å². The molecule has 106 valence electrons. The molecule has 0 aliphatic heterocycles. The summed E-state index contributed by atoms with van der Waals surface area (Å²) >= 11 is 0. The third-order valence-electron chi connectivity index (χ3n) is 3.29. The van der Waals surface area contributed by atoms with E-state index in [2.05, 4.69) is 51.7 Å². The van der Waals surface area contributed by atoms with Gasteiger partial charge in [0.1, 0.15) is 12.2 Å². The van der Waals surface area contributed by atoms with Gasteiger partial charge in [0.2, 0.25) is 5.91 Å². The lowest BCUT2D eigenvalue weighted by molar-refractivity contribution is -0.121. The maximum Gasteiger partial charge on any atom is 0.220 e. The van der Waals surface area contributed by atoms with Gasteiger partial charge < -0.3 is 5.32 Å². The van der Waals surface area contributed by atoms with Crippen molar-refractivity contribution in [3.05, 3.63) is 47.5 Å². The number of amides is 1. The van der Waals surface area contributed by atoms with Crippen molar-refractivity contribution in [1.29, 1.82) is 0 Å². The number of hydrogen-bond acceptors (Lipinski definition) is 3. The Labute approximate surface area is 118 Å². The molecule has 1 aromatic heterocycles. The Hall–Kier alpha value is -2.17. The highest BCUT2D eigenvalue weighted by atomic mass is 16.1. The van der Waals surface area contributed by atoms with E-state index in [0.29, 0.717) is 12.2 Å². The number of benzene rings is 1. The first kappa shape index (κ1) is 14.2. The number of carbonyl (C=O) groups excluding carboxylic acids is 1. The summed E-state index contributed by atoms with van der Waals surface area (Å²) in [6.07, 6.45) is 3.70. The standard InChI is InChI=1S/C15H20N4O/c1-3-12-4-6-13(7-5-12)8-9-14(20)18-11(2)15-16-10-17-19-15/h4-7,10-11H,3,8-9H2,1-2H3,(H,18,20)(H,16,17,19). The normalized spacial score (nSPS) is 12.1. The summed E-state index contributed by atoms with van der Waals surface area (Å²) < 4.78 is 0. The molecule has 5 nitrogen and oxygen atoms in total. The molecule has 0 spiro atoms. The third kappa shape index (κ3) is 3.91. The van der Waals surface area contributed by atoms with Crippen molar-refractivity contribution in [2.45, 2.75) is 39.2 Å². The number of aromatic amines is 1. The Bertz CT molecular complexity index is 534. The van der Waals surface area contributed by atoms with Crippen LogP contribution in [0.3, 0.4) is 0 Å². The summed E-state index contributed by atoms with van der Waals surface area (Å²) in [4.78, 5) is 15.9. The Kier molecular flexibility index (Phi) is 4.87. The first-order valence-corrected chi connectivity index (χ1v) is 6.91. The van der Waals surface area contributed by atoms with E-state index in [9.17, 15) is 4.79 Å². The first-order valence-electron chi connectivity index (χ1n) is 6.91. The third-order valence-corrected chi connectivity index (χ3v) is 3.29. The zero-order valence-corrected chi connectivity index (χ0v) is 11.9. The van der Waals surface area contributed by atoms with Crippen LogP contribution in [-0.4, -0.2) is 21.1 Å². The molecule has 1 atom stereocenters. The molecule has 0 aliphatic rings. The van der Waals surface area contributed by atoms with Crippen molar-refractivity contribution in [1.82, 2.24) is 20.5 Å². The lowest BCUT2D eigenvalue weighted by Gasteiger charge is -2.11. The van der Waals surface area contributed by atoms with Crippen LogP contribution < -0.4 is 5.32 Å². The molecule has 0 fully saturated rings. The van der Waals surface area contributed by atoms with Crippen LogP contribution in [0.1, 0.15) is 43.3 Å². The van der Waals surface area contributed by atoms with Gasteiger partial charge in [0.05, 0.1) is 6.04 Å². The van der Waals surface area contributed by atoms with E-state index < -0.39 is 0 Å². The van der Waals surface area contributed by atoms with Crippen molar-refractivity contribution in [3.8, 4) is 0 Å². The molecule has 0 bridgehead atoms. The van der Waals surface area contributed by atoms with Gasteiger partial charge in [-0.05, 0) is 30.9 Å². The quantitative estimate of drug-likeness (QED) is 0.846. The summed E-state index contributed by atoms with van der Waals surface area (Å²) in [6.45, 7) is 4.02. The van der Waals surface area contributed by atoms with Crippen molar-refractivity contribution in [2.24, 2.45) is 0 Å². The fourth-order valence-electron chi connectivity index (χ4n) is 2.01. The first-order chi connectivity index (χ1) is 9.69. The molecule has 2 aromatic rings. The maximum absolute atomic E-state index is 11.9. The van der Waals surface area contributed by atoms with Crippen LogP contribution in [0.5, 0.6) is 0 Å². The highest BCUT2D eigenvalue weighted by Gasteiger charge is 2.11. The summed E-state index contributed by atoms with van der Waals surface area (Å²) in [5, 5.41) is 9.43. The molecule has 1 amide bonds. The van der Waals surface area contributed by atoms with E-state index in [1.54, 1.807) is 0 Å². The van der Waals surface area contributed by atoms with Gasteiger partial charge in [0, 0.05) is 6.42 Å². The average Bonchev–Trinajstić information content (AvgIpc) is 3.00. The van der Waals surface area contributed by atoms with Gasteiger partial charge in [-0.15, -0.1) is 0 Å². The average molecular weight is 272 g/mol. The Morgan fingerprint density at radius 2 is 2.00 bits per heavy atom. The lowest BCUT2D eigenvalue weighted by atomic mass is 10.1. The van der Waals surface area contributed by atoms with E-state index in [0.717, 1.165) is 12.8 Å². The SMILES string of the molecule is CCc1ccc(CCC(=O)NC(C)c2ncn[nH]2)cc1. The van der Waals surface area contributed by atoms with E-state index in [-0.39, 0.29) is 11.9 Å². The molecule has 20 heavy (non-hydrogen) atoms. The van der Waals surface area contributed by atoms with Gasteiger partial charge >= 0.3 is 0 Å². The monoisotopic (exact) mass is 272 g/mol. The number of hydrogen-bond donors (Lipinski definition) is 2. The highest BCUT2D eigenvalue weighted by Crippen LogP contribution is 2.09. The molecule has 2 rings (SSSR count). The molecular weight excluding hydrogens is 252 g/mol. The van der Waals surface area contributed by atoms with Gasteiger partial charge in [0.25, 0.3) is 0 Å². The zero-order valence-electron chi connectivity index (χ0n) is 11.9. The zero-order chi connectivity index (χ0) is 14.4. The van der Waals surface area contributed by atoms with Gasteiger partial charge in [-0.2, -0.15) is 5.10 Å². The van der Waals surface area contributed by atoms with Crippen molar-refractivity contribution in [2.75, 3.05) is 0 Å². The fraction of sp³-hybridized carbons (Fsp3) is 0.400. The van der Waals surface area contributed by atoms with Crippen LogP contribution in [0.2, 0.25) is 0 Å². The van der Waals surface area contributed by atoms with Gasteiger partial charge in [-0.25, -0.2) is 4.98 Å². The Morgan fingerprint density at radius 1 is 1.30 bits per heavy atom. The number of aryl methyl sites for hydroxylation is 2. The van der Waals surface area contributed by atoms with Gasteiger partial charge in [-0.1, -0.05) is 31.2 Å². The molecule has 0 aliphatic carbocycles. The predicted molar refractivity (Wildman–Crippen MR) is 77.1 cm³/mol. The maximum atomic E-state index is 11.9. The molecule has 5 heteroatoms. The lowest BCUT2D eigenvalue weighted by Crippen LogP contribution is -2.27. The minimum absolute atomic E-state index is 0.0217. The number of rotatable bonds is 6. The number of carbonyl (C=O) groups is 1. The minimum Gasteiger partial charge on any atom is -0.346 e. The van der Waals surface area contributed by atoms with E-state index in [4.69, 9.17) is 0 Å². The molecular formula is C15H20N4O. The molecule has 1 unspecified atom stereocenters. The molecule has 2 N–H and O–H groups in total. The van der Waals surface area contributed by atoms with E-state index >= 15 is 0 Å². The summed E-state index contributed by atoms with van der Waals surface area (Å²) in [5.74, 6) is 0.694. The van der Waals surface area contributed by atoms with Crippen molar-refractivity contribution < 1.29 is 4.79 Å². The second-order valence-corrected chi connectivity index (χ2v) is 4.83. The van der Waals surface area contributed by atoms with Crippen LogP contribution >= 0.6 is 0 Å². The minimum atomic E-state index is -0.146. The van der Waals surface area contributed by atoms with Crippen molar-refractivity contribution in [3.63, 3.8) is 0 Å². The summed E-state index contributed by atoms with van der Waals surface area (Å²) in [5.41, 5.74) is 2.50. The highest BCUT2D eigenvalue weighted by molar-refractivity contribution is 5.76. The number of nitrogens with one attached hydrogen (secondary N) is 2. The topological polar surface area (TPSA) is 70.7 Å². The predicted octanol–water partition coefficient (Wildman–Crippen LogP) is 2.18. The number of aromatic nitrogens is 3. The Morgan fingerprint density at radius 3 is 2.60 bits per heavy atom.